The molecule has 3 aromatic rings. The van der Waals surface area contributed by atoms with Gasteiger partial charge in [0.2, 0.25) is 0 Å². The van der Waals surface area contributed by atoms with Gasteiger partial charge in [-0.25, -0.2) is 19.4 Å². The van der Waals surface area contributed by atoms with E-state index >= 15 is 0 Å². The van der Waals surface area contributed by atoms with Crippen LogP contribution in [0, 0.1) is 5.82 Å². The van der Waals surface area contributed by atoms with Crippen molar-refractivity contribution in [1.29, 1.82) is 0 Å². The molecule has 6 nitrogen and oxygen atoms in total. The Kier molecular flexibility index (Phi) is 8.59. The fraction of sp³-hybridized carbons (Fsp3) is 0.318. The number of benzene rings is 1. The Morgan fingerprint density at radius 3 is 2.87 bits per heavy atom. The summed E-state index contributed by atoms with van der Waals surface area (Å²) >= 11 is 1.63. The maximum absolute atomic E-state index is 14.0. The largest absolute Gasteiger partial charge is 0.357 e. The highest BCUT2D eigenvalue weighted by molar-refractivity contribution is 14.0. The molecule has 0 spiro atoms. The van der Waals surface area contributed by atoms with Crippen LogP contribution in [-0.2, 0) is 6.54 Å². The van der Waals surface area contributed by atoms with Gasteiger partial charge in [0.1, 0.15) is 5.01 Å². The third kappa shape index (κ3) is 6.13. The number of aliphatic imine (C=N–C) groups is 1. The average molecular weight is 552 g/mol. The van der Waals surface area contributed by atoms with Gasteiger partial charge in [-0.2, -0.15) is 0 Å². The molecule has 1 aromatic carbocycles. The van der Waals surface area contributed by atoms with Gasteiger partial charge in [0.25, 0.3) is 0 Å². The summed E-state index contributed by atoms with van der Waals surface area (Å²) in [5.41, 5.74) is 2.07. The van der Waals surface area contributed by atoms with Gasteiger partial charge in [-0.1, -0.05) is 30.3 Å². The second-order valence-electron chi connectivity index (χ2n) is 7.09. The highest BCUT2D eigenvalue weighted by Gasteiger charge is 2.25. The van der Waals surface area contributed by atoms with E-state index in [-0.39, 0.29) is 35.8 Å². The summed E-state index contributed by atoms with van der Waals surface area (Å²) in [5.74, 6) is 0.885. The van der Waals surface area contributed by atoms with Crippen LogP contribution in [0.2, 0.25) is 0 Å². The summed E-state index contributed by atoms with van der Waals surface area (Å²) < 4.78 is 14.0. The number of hydrogen-bond donors (Lipinski definition) is 2. The Morgan fingerprint density at radius 2 is 2.10 bits per heavy atom. The van der Waals surface area contributed by atoms with Crippen LogP contribution >= 0.6 is 35.3 Å². The summed E-state index contributed by atoms with van der Waals surface area (Å²) in [5, 5.41) is 9.81. The Hall–Kier alpha value is -2.27. The van der Waals surface area contributed by atoms with Crippen LogP contribution in [0.25, 0.3) is 10.6 Å². The van der Waals surface area contributed by atoms with E-state index < -0.39 is 0 Å². The Bertz CT molecular complexity index is 996. The molecule has 164 valence electrons. The van der Waals surface area contributed by atoms with E-state index in [4.69, 9.17) is 9.98 Å². The van der Waals surface area contributed by atoms with E-state index in [2.05, 4.69) is 33.1 Å². The number of nitrogens with zero attached hydrogens (tertiary/aromatic N) is 4. The number of guanidine groups is 1. The third-order valence-corrected chi connectivity index (χ3v) is 5.82. The van der Waals surface area contributed by atoms with Crippen LogP contribution in [0.15, 0.2) is 59.0 Å². The zero-order valence-electron chi connectivity index (χ0n) is 17.3. The molecule has 2 N–H and O–H groups in total. The molecule has 9 heteroatoms. The molecule has 0 aliphatic carbocycles. The Labute approximate surface area is 203 Å². The minimum Gasteiger partial charge on any atom is -0.357 e. The smallest absolute Gasteiger partial charge is 0.191 e. The number of rotatable bonds is 6. The molecule has 1 fully saturated rings. The summed E-state index contributed by atoms with van der Waals surface area (Å²) in [6.07, 6.45) is 2.53. The zero-order chi connectivity index (χ0) is 20.8. The second-order valence-corrected chi connectivity index (χ2v) is 7.95. The summed E-state index contributed by atoms with van der Waals surface area (Å²) in [6.45, 7) is 4.76. The molecule has 2 aromatic heterocycles. The Balaban J connectivity index is 0.00000272. The monoisotopic (exact) mass is 552 g/mol. The SMILES string of the molecule is CCNC(=NCc1csc(-c2ccccc2)n1)NC1CCN(c2ncccc2F)C1.I. The first-order valence-electron chi connectivity index (χ1n) is 10.1. The molecular weight excluding hydrogens is 526 g/mol. The van der Waals surface area contributed by atoms with E-state index in [0.29, 0.717) is 18.9 Å². The maximum Gasteiger partial charge on any atom is 0.191 e. The van der Waals surface area contributed by atoms with Gasteiger partial charge < -0.3 is 15.5 Å². The van der Waals surface area contributed by atoms with Crippen molar-refractivity contribution in [2.75, 3.05) is 24.5 Å². The quantitative estimate of drug-likeness (QED) is 0.272. The molecule has 1 aliphatic rings. The van der Waals surface area contributed by atoms with Crippen molar-refractivity contribution in [1.82, 2.24) is 20.6 Å². The molecule has 3 heterocycles. The first-order chi connectivity index (χ1) is 14.7. The van der Waals surface area contributed by atoms with Gasteiger partial charge in [0.15, 0.2) is 17.6 Å². The molecule has 4 rings (SSSR count). The molecule has 1 atom stereocenters. The van der Waals surface area contributed by atoms with E-state index in [1.165, 1.54) is 6.07 Å². The molecule has 1 saturated heterocycles. The molecule has 0 radical (unpaired) electrons. The fourth-order valence-electron chi connectivity index (χ4n) is 3.45. The van der Waals surface area contributed by atoms with Gasteiger partial charge in [-0.3, -0.25) is 0 Å². The number of nitrogens with one attached hydrogen (secondary N) is 2. The van der Waals surface area contributed by atoms with Crippen molar-refractivity contribution in [3.8, 4) is 10.6 Å². The molecular formula is C22H26FIN6S. The highest BCUT2D eigenvalue weighted by Crippen LogP contribution is 2.24. The van der Waals surface area contributed by atoms with Crippen LogP contribution in [-0.4, -0.2) is 41.6 Å². The lowest BCUT2D eigenvalue weighted by atomic mass is 10.2. The molecule has 0 bridgehead atoms. The van der Waals surface area contributed by atoms with Gasteiger partial charge in [-0.05, 0) is 25.5 Å². The first kappa shape index (κ1) is 23.4. The van der Waals surface area contributed by atoms with E-state index in [1.54, 1.807) is 23.6 Å². The number of anilines is 1. The fourth-order valence-corrected chi connectivity index (χ4v) is 4.26. The molecule has 1 unspecified atom stereocenters. The van der Waals surface area contributed by atoms with Gasteiger partial charge >= 0.3 is 0 Å². The maximum atomic E-state index is 14.0. The van der Waals surface area contributed by atoms with Crippen molar-refractivity contribution in [2.45, 2.75) is 25.9 Å². The highest BCUT2D eigenvalue weighted by atomic mass is 127. The standard InChI is InChI=1S/C22H25FN6S.HI/c1-2-24-22(26-13-18-15-30-21(27-18)16-7-4-3-5-8-16)28-17-10-12-29(14-17)20-19(23)9-6-11-25-20;/h3-9,11,15,17H,2,10,12-14H2,1H3,(H2,24,26,28);1H. The number of pyridine rings is 1. The lowest BCUT2D eigenvalue weighted by molar-refractivity contribution is 0.612. The predicted molar refractivity (Wildman–Crippen MR) is 136 cm³/mol. The van der Waals surface area contributed by atoms with Crippen LogP contribution in [0.1, 0.15) is 19.0 Å². The van der Waals surface area contributed by atoms with Crippen LogP contribution in [0.3, 0.4) is 0 Å². The Morgan fingerprint density at radius 1 is 1.26 bits per heavy atom. The number of thiazole rings is 1. The molecule has 1 aliphatic heterocycles. The normalized spacial score (nSPS) is 16.1. The van der Waals surface area contributed by atoms with E-state index in [1.807, 2.05) is 30.0 Å². The van der Waals surface area contributed by atoms with Gasteiger partial charge in [0, 0.05) is 42.8 Å². The number of hydrogen-bond acceptors (Lipinski definition) is 5. The third-order valence-electron chi connectivity index (χ3n) is 4.88. The molecule has 0 amide bonds. The topological polar surface area (TPSA) is 65.4 Å². The summed E-state index contributed by atoms with van der Waals surface area (Å²) in [6, 6.07) is 13.4. The average Bonchev–Trinajstić information content (AvgIpc) is 3.43. The minimum absolute atomic E-state index is 0. The van der Waals surface area contributed by atoms with Crippen molar-refractivity contribution >= 4 is 47.1 Å². The van der Waals surface area contributed by atoms with E-state index in [9.17, 15) is 4.39 Å². The molecule has 0 saturated carbocycles. The van der Waals surface area contributed by atoms with Crippen molar-refractivity contribution in [3.05, 3.63) is 65.6 Å². The summed E-state index contributed by atoms with van der Waals surface area (Å²) in [7, 11) is 0. The molecule has 31 heavy (non-hydrogen) atoms. The van der Waals surface area contributed by atoms with E-state index in [0.717, 1.165) is 41.7 Å². The summed E-state index contributed by atoms with van der Waals surface area (Å²) in [4.78, 5) is 15.6. The lowest BCUT2D eigenvalue weighted by Gasteiger charge is -2.19. The van der Waals surface area contributed by atoms with Crippen molar-refractivity contribution < 1.29 is 4.39 Å². The lowest BCUT2D eigenvalue weighted by Crippen LogP contribution is -2.44. The second kappa shape index (κ2) is 11.4. The van der Waals surface area contributed by atoms with Gasteiger partial charge in [0.05, 0.1) is 12.2 Å². The van der Waals surface area contributed by atoms with Crippen LogP contribution in [0.5, 0.6) is 0 Å². The van der Waals surface area contributed by atoms with Crippen molar-refractivity contribution in [3.63, 3.8) is 0 Å². The first-order valence-corrected chi connectivity index (χ1v) is 11.0. The number of halogens is 2. The van der Waals surface area contributed by atoms with Crippen molar-refractivity contribution in [2.24, 2.45) is 4.99 Å². The minimum atomic E-state index is -0.281. The number of aromatic nitrogens is 2. The van der Waals surface area contributed by atoms with Crippen LogP contribution < -0.4 is 15.5 Å². The zero-order valence-corrected chi connectivity index (χ0v) is 20.4. The van der Waals surface area contributed by atoms with Gasteiger partial charge in [-0.15, -0.1) is 35.3 Å². The predicted octanol–water partition coefficient (Wildman–Crippen LogP) is 4.30. The van der Waals surface area contributed by atoms with Crippen LogP contribution in [0.4, 0.5) is 10.2 Å².